The number of nitrogens with zero attached hydrogens (tertiary/aromatic N) is 3. The molecular weight excluding hydrogens is 512 g/mol. The van der Waals surface area contributed by atoms with Crippen molar-refractivity contribution in [1.82, 2.24) is 19.5 Å². The molecular formula is C25H26N6O4S2. The fourth-order valence-corrected chi connectivity index (χ4v) is 4.50. The minimum Gasteiger partial charge on any atom is -0.292 e. The number of thiazole rings is 1. The van der Waals surface area contributed by atoms with Crippen molar-refractivity contribution in [2.45, 2.75) is 26.2 Å². The first-order valence-electron chi connectivity index (χ1n) is 11.2. The largest absolute Gasteiger partial charge is 0.326 e. The third kappa shape index (κ3) is 6.60. The molecule has 0 aliphatic heterocycles. The van der Waals surface area contributed by atoms with Crippen LogP contribution in [0.1, 0.15) is 36.8 Å². The molecule has 2 aromatic heterocycles. The van der Waals surface area contributed by atoms with Crippen LogP contribution < -0.4 is 15.4 Å². The fraction of sp³-hybridized carbons (Fsp3) is 0.200. The molecule has 0 radical (unpaired) electrons. The van der Waals surface area contributed by atoms with Gasteiger partial charge in [0, 0.05) is 28.0 Å². The predicted molar refractivity (Wildman–Crippen MR) is 145 cm³/mol. The van der Waals surface area contributed by atoms with Crippen molar-refractivity contribution in [3.05, 3.63) is 77.3 Å². The maximum Gasteiger partial charge on any atom is 0.326 e. The van der Waals surface area contributed by atoms with Gasteiger partial charge >= 0.3 is 6.03 Å². The lowest BCUT2D eigenvalue weighted by molar-refractivity contribution is 0.0981. The second-order valence-electron chi connectivity index (χ2n) is 9.31. The Bertz CT molecular complexity index is 1540. The molecule has 0 aliphatic rings. The molecule has 4 rings (SSSR count). The Morgan fingerprint density at radius 3 is 2.27 bits per heavy atom. The molecule has 0 aliphatic carbocycles. The number of urea groups is 1. The number of aromatic nitrogens is 3. The Morgan fingerprint density at radius 2 is 1.65 bits per heavy atom. The monoisotopic (exact) mass is 538 g/mol. The van der Waals surface area contributed by atoms with Crippen LogP contribution in [0.4, 0.5) is 15.7 Å². The summed E-state index contributed by atoms with van der Waals surface area (Å²) in [7, 11) is -3.68. The first kappa shape index (κ1) is 26.0. The maximum absolute atomic E-state index is 12.8. The second kappa shape index (κ2) is 10.1. The van der Waals surface area contributed by atoms with Crippen LogP contribution in [0, 0.1) is 0 Å². The van der Waals surface area contributed by atoms with E-state index in [-0.39, 0.29) is 11.0 Å². The van der Waals surface area contributed by atoms with Crippen molar-refractivity contribution < 1.29 is 18.0 Å². The number of rotatable bonds is 6. The van der Waals surface area contributed by atoms with Crippen molar-refractivity contribution in [1.29, 1.82) is 0 Å². The van der Waals surface area contributed by atoms with Gasteiger partial charge in [-0.05, 0) is 24.3 Å². The Labute approximate surface area is 218 Å². The third-order valence-electron chi connectivity index (χ3n) is 5.17. The smallest absolute Gasteiger partial charge is 0.292 e. The highest BCUT2D eigenvalue weighted by atomic mass is 32.2. The Kier molecular flexibility index (Phi) is 7.14. The first-order valence-corrected chi connectivity index (χ1v) is 14.0. The topological polar surface area (TPSA) is 135 Å². The summed E-state index contributed by atoms with van der Waals surface area (Å²) in [5.41, 5.74) is 2.90. The Hall–Kier alpha value is -4.03. The fourth-order valence-electron chi connectivity index (χ4n) is 3.33. The number of benzene rings is 2. The van der Waals surface area contributed by atoms with Gasteiger partial charge in [0.05, 0.1) is 23.3 Å². The molecule has 0 saturated carbocycles. The lowest BCUT2D eigenvalue weighted by Gasteiger charge is -2.14. The van der Waals surface area contributed by atoms with E-state index in [9.17, 15) is 18.0 Å². The summed E-state index contributed by atoms with van der Waals surface area (Å²) in [5.74, 6) is -0.323. The average Bonchev–Trinajstić information content (AvgIpc) is 3.46. The molecule has 2 aromatic carbocycles. The van der Waals surface area contributed by atoms with Crippen molar-refractivity contribution in [2.24, 2.45) is 0 Å². The SMILES string of the molecule is CC(C)(C)c1cc(NC(=O)Nc2nc(-c3ccccc3)cs2)n(-c2ccc(C(=O)NS(C)(=O)=O)cc2)n1. The highest BCUT2D eigenvalue weighted by molar-refractivity contribution is 7.89. The molecule has 0 spiro atoms. The quantitative estimate of drug-likeness (QED) is 0.328. The van der Waals surface area contributed by atoms with E-state index in [0.717, 1.165) is 23.2 Å². The van der Waals surface area contributed by atoms with E-state index >= 15 is 0 Å². The van der Waals surface area contributed by atoms with Crippen molar-refractivity contribution in [3.63, 3.8) is 0 Å². The van der Waals surface area contributed by atoms with E-state index in [1.54, 1.807) is 22.9 Å². The summed E-state index contributed by atoms with van der Waals surface area (Å²) in [5, 5.41) is 12.6. The zero-order valence-electron chi connectivity index (χ0n) is 20.6. The molecule has 0 saturated heterocycles. The van der Waals surface area contributed by atoms with Gasteiger partial charge < -0.3 is 0 Å². The number of hydrogen-bond donors (Lipinski definition) is 3. The van der Waals surface area contributed by atoms with Crippen LogP contribution in [0.5, 0.6) is 0 Å². The first-order chi connectivity index (χ1) is 17.4. The highest BCUT2D eigenvalue weighted by Crippen LogP contribution is 2.28. The van der Waals surface area contributed by atoms with Crippen LogP contribution in [0.2, 0.25) is 0 Å². The molecule has 37 heavy (non-hydrogen) atoms. The van der Waals surface area contributed by atoms with E-state index in [0.29, 0.717) is 16.6 Å². The van der Waals surface area contributed by atoms with E-state index in [2.05, 4.69) is 20.7 Å². The van der Waals surface area contributed by atoms with Gasteiger partial charge in [-0.15, -0.1) is 11.3 Å². The molecule has 0 unspecified atom stereocenters. The molecule has 4 aromatic rings. The van der Waals surface area contributed by atoms with E-state index in [1.165, 1.54) is 23.5 Å². The number of hydrogen-bond acceptors (Lipinski definition) is 7. The van der Waals surface area contributed by atoms with Crippen molar-refractivity contribution in [2.75, 3.05) is 16.9 Å². The number of nitrogens with one attached hydrogen (secondary N) is 3. The van der Waals surface area contributed by atoms with Crippen LogP contribution in [-0.2, 0) is 15.4 Å². The van der Waals surface area contributed by atoms with Gasteiger partial charge in [0.15, 0.2) is 5.13 Å². The lowest BCUT2D eigenvalue weighted by Crippen LogP contribution is -2.29. The summed E-state index contributed by atoms with van der Waals surface area (Å²) in [4.78, 5) is 29.5. The minimum atomic E-state index is -3.68. The summed E-state index contributed by atoms with van der Waals surface area (Å²) in [6.07, 6.45) is 0.911. The molecule has 10 nitrogen and oxygen atoms in total. The van der Waals surface area contributed by atoms with Crippen LogP contribution in [0.25, 0.3) is 16.9 Å². The van der Waals surface area contributed by atoms with Gasteiger partial charge in [0.2, 0.25) is 10.0 Å². The van der Waals surface area contributed by atoms with Gasteiger partial charge in [-0.25, -0.2) is 27.6 Å². The highest BCUT2D eigenvalue weighted by Gasteiger charge is 2.22. The van der Waals surface area contributed by atoms with Gasteiger partial charge in [-0.1, -0.05) is 51.1 Å². The van der Waals surface area contributed by atoms with E-state index in [4.69, 9.17) is 0 Å². The zero-order valence-corrected chi connectivity index (χ0v) is 22.3. The predicted octanol–water partition coefficient (Wildman–Crippen LogP) is 4.63. The average molecular weight is 539 g/mol. The number of amides is 3. The summed E-state index contributed by atoms with van der Waals surface area (Å²) in [6.45, 7) is 6.01. The van der Waals surface area contributed by atoms with Gasteiger partial charge in [0.25, 0.3) is 5.91 Å². The molecule has 0 fully saturated rings. The summed E-state index contributed by atoms with van der Waals surface area (Å²) >= 11 is 1.32. The number of anilines is 2. The molecule has 192 valence electrons. The zero-order chi connectivity index (χ0) is 26.8. The lowest BCUT2D eigenvalue weighted by atomic mass is 9.92. The standard InChI is InChI=1S/C25H26N6O4S2/c1-25(2,3)20-14-21(27-23(33)28-24-26-19(15-36-24)16-8-6-5-7-9-16)31(29-20)18-12-10-17(11-13-18)22(32)30-37(4,34)35/h5-15H,1-4H3,(H,30,32)(H2,26,27,28,33). The van der Waals surface area contributed by atoms with Gasteiger partial charge in [-0.3, -0.25) is 15.4 Å². The molecule has 2 heterocycles. The van der Waals surface area contributed by atoms with Gasteiger partial charge in [-0.2, -0.15) is 5.10 Å². The van der Waals surface area contributed by atoms with E-state index in [1.807, 2.05) is 61.2 Å². The van der Waals surface area contributed by atoms with Crippen LogP contribution >= 0.6 is 11.3 Å². The van der Waals surface area contributed by atoms with Crippen molar-refractivity contribution in [3.8, 4) is 16.9 Å². The minimum absolute atomic E-state index is 0.169. The molecule has 3 N–H and O–H groups in total. The Morgan fingerprint density at radius 1 is 0.973 bits per heavy atom. The third-order valence-corrected chi connectivity index (χ3v) is 6.48. The van der Waals surface area contributed by atoms with Crippen LogP contribution in [-0.4, -0.2) is 41.4 Å². The number of carbonyl (C=O) groups excluding carboxylic acids is 2. The molecule has 3 amide bonds. The van der Waals surface area contributed by atoms with Crippen LogP contribution in [0.15, 0.2) is 66.0 Å². The molecule has 0 bridgehead atoms. The summed E-state index contributed by atoms with van der Waals surface area (Å²) < 4.78 is 26.2. The van der Waals surface area contributed by atoms with E-state index < -0.39 is 22.0 Å². The van der Waals surface area contributed by atoms with Crippen molar-refractivity contribution >= 4 is 44.2 Å². The number of carbonyl (C=O) groups is 2. The van der Waals surface area contributed by atoms with Gasteiger partial charge in [0.1, 0.15) is 5.82 Å². The second-order valence-corrected chi connectivity index (χ2v) is 11.9. The Balaban J connectivity index is 1.55. The van der Waals surface area contributed by atoms with Crippen LogP contribution in [0.3, 0.4) is 0 Å². The molecule has 0 atom stereocenters. The number of sulfonamides is 1. The molecule has 12 heteroatoms. The summed E-state index contributed by atoms with van der Waals surface area (Å²) in [6, 6.07) is 17.2. The normalized spacial score (nSPS) is 11.7. The maximum atomic E-state index is 12.8.